The molecular formula is C16H14ClN3O4. The van der Waals surface area contributed by atoms with E-state index in [0.717, 1.165) is 0 Å². The minimum absolute atomic E-state index is 0.168. The van der Waals surface area contributed by atoms with Crippen molar-refractivity contribution in [2.24, 2.45) is 5.10 Å². The van der Waals surface area contributed by atoms with Crippen LogP contribution in [0.15, 0.2) is 47.6 Å². The lowest BCUT2D eigenvalue weighted by atomic mass is 10.2. The topological polar surface area (TPSA) is 93.8 Å². The summed E-state index contributed by atoms with van der Waals surface area (Å²) in [4.78, 5) is 22.4. The summed E-state index contributed by atoms with van der Waals surface area (Å²) in [6.45, 7) is 2.06. The van der Waals surface area contributed by atoms with Crippen molar-refractivity contribution < 1.29 is 14.5 Å². The maximum atomic E-state index is 11.9. The molecule has 0 radical (unpaired) electrons. The number of hydrogen-bond acceptors (Lipinski definition) is 5. The molecule has 0 heterocycles. The van der Waals surface area contributed by atoms with E-state index in [9.17, 15) is 14.9 Å². The summed E-state index contributed by atoms with van der Waals surface area (Å²) in [5, 5.41) is 15.1. The maximum absolute atomic E-state index is 11.9. The zero-order valence-electron chi connectivity index (χ0n) is 12.7. The van der Waals surface area contributed by atoms with Crippen LogP contribution in [0.5, 0.6) is 5.75 Å². The van der Waals surface area contributed by atoms with Gasteiger partial charge in [0.25, 0.3) is 5.91 Å². The van der Waals surface area contributed by atoms with Crippen molar-refractivity contribution in [1.29, 1.82) is 0 Å². The Kier molecular flexibility index (Phi) is 5.86. The van der Waals surface area contributed by atoms with Crippen molar-refractivity contribution >= 4 is 29.4 Å². The Balaban J connectivity index is 2.12. The quantitative estimate of drug-likeness (QED) is 0.492. The van der Waals surface area contributed by atoms with Crippen LogP contribution in [-0.4, -0.2) is 23.7 Å². The molecule has 0 unspecified atom stereocenters. The highest BCUT2D eigenvalue weighted by molar-refractivity contribution is 6.33. The van der Waals surface area contributed by atoms with E-state index >= 15 is 0 Å². The number of nitrogens with one attached hydrogen (secondary N) is 1. The summed E-state index contributed by atoms with van der Waals surface area (Å²) >= 11 is 5.92. The van der Waals surface area contributed by atoms with E-state index in [-0.39, 0.29) is 17.0 Å². The van der Waals surface area contributed by atoms with Crippen LogP contribution in [0.1, 0.15) is 22.8 Å². The van der Waals surface area contributed by atoms with Crippen LogP contribution in [0.3, 0.4) is 0 Å². The Labute approximate surface area is 143 Å². The molecule has 0 aromatic heterocycles. The van der Waals surface area contributed by atoms with Gasteiger partial charge in [-0.3, -0.25) is 14.9 Å². The first-order valence-electron chi connectivity index (χ1n) is 7.02. The second-order valence-corrected chi connectivity index (χ2v) is 5.00. The SMILES string of the molecule is CCOc1ccc(/C=N\NC(=O)c2ccccc2Cl)cc1[N+](=O)[O-]. The number of rotatable bonds is 6. The van der Waals surface area contributed by atoms with Crippen LogP contribution >= 0.6 is 11.6 Å². The number of nitro groups is 1. The molecule has 0 aliphatic rings. The standard InChI is InChI=1S/C16H14ClN3O4/c1-2-24-15-8-7-11(9-14(15)20(22)23)10-18-19-16(21)12-5-3-4-6-13(12)17/h3-10H,2H2,1H3,(H,19,21)/b18-10-. The Morgan fingerprint density at radius 1 is 1.38 bits per heavy atom. The summed E-state index contributed by atoms with van der Waals surface area (Å²) in [7, 11) is 0. The molecule has 0 atom stereocenters. The average molecular weight is 348 g/mol. The van der Waals surface area contributed by atoms with Crippen LogP contribution in [0, 0.1) is 10.1 Å². The number of ether oxygens (including phenoxy) is 1. The summed E-state index contributed by atoms with van der Waals surface area (Å²) in [5.41, 5.74) is 2.89. The number of nitro benzene ring substituents is 1. The minimum atomic E-state index is -0.537. The molecule has 2 aromatic carbocycles. The van der Waals surface area contributed by atoms with Crippen LogP contribution in [0.4, 0.5) is 5.69 Å². The van der Waals surface area contributed by atoms with E-state index in [1.54, 1.807) is 37.3 Å². The second kappa shape index (κ2) is 8.07. The van der Waals surface area contributed by atoms with Gasteiger partial charge < -0.3 is 4.74 Å². The predicted octanol–water partition coefficient (Wildman–Crippen LogP) is 3.41. The number of carbonyl (C=O) groups excluding carboxylic acids is 1. The van der Waals surface area contributed by atoms with Gasteiger partial charge in [0.05, 0.1) is 28.3 Å². The number of hydrazone groups is 1. The van der Waals surface area contributed by atoms with Gasteiger partial charge in [-0.05, 0) is 31.2 Å². The molecule has 124 valence electrons. The Morgan fingerprint density at radius 3 is 2.79 bits per heavy atom. The van der Waals surface area contributed by atoms with Gasteiger partial charge >= 0.3 is 5.69 Å². The highest BCUT2D eigenvalue weighted by atomic mass is 35.5. The van der Waals surface area contributed by atoms with Gasteiger partial charge in [0.2, 0.25) is 0 Å². The fourth-order valence-corrected chi connectivity index (χ4v) is 2.13. The first-order chi connectivity index (χ1) is 11.5. The first-order valence-corrected chi connectivity index (χ1v) is 7.40. The van der Waals surface area contributed by atoms with Gasteiger partial charge in [0.1, 0.15) is 0 Å². The smallest absolute Gasteiger partial charge is 0.311 e. The lowest BCUT2D eigenvalue weighted by Crippen LogP contribution is -2.17. The van der Waals surface area contributed by atoms with E-state index in [0.29, 0.717) is 17.2 Å². The summed E-state index contributed by atoms with van der Waals surface area (Å²) in [6, 6.07) is 10.9. The van der Waals surface area contributed by atoms with Crippen molar-refractivity contribution in [2.45, 2.75) is 6.92 Å². The molecule has 0 saturated carbocycles. The molecule has 1 amide bonds. The third-order valence-corrected chi connectivity index (χ3v) is 3.31. The Bertz CT molecular complexity index is 793. The first kappa shape index (κ1) is 17.4. The van der Waals surface area contributed by atoms with Crippen LogP contribution < -0.4 is 10.2 Å². The number of amides is 1. The molecule has 2 aromatic rings. The minimum Gasteiger partial charge on any atom is -0.487 e. The van der Waals surface area contributed by atoms with Crippen molar-refractivity contribution in [2.75, 3.05) is 6.61 Å². The van der Waals surface area contributed by atoms with Crippen molar-refractivity contribution in [3.8, 4) is 5.75 Å². The van der Waals surface area contributed by atoms with Gasteiger partial charge in [0.15, 0.2) is 5.75 Å². The van der Waals surface area contributed by atoms with E-state index in [2.05, 4.69) is 10.5 Å². The van der Waals surface area contributed by atoms with E-state index in [4.69, 9.17) is 16.3 Å². The number of hydrogen-bond donors (Lipinski definition) is 1. The van der Waals surface area contributed by atoms with Gasteiger partial charge in [-0.1, -0.05) is 23.7 Å². The third-order valence-electron chi connectivity index (χ3n) is 2.98. The second-order valence-electron chi connectivity index (χ2n) is 4.60. The van der Waals surface area contributed by atoms with Crippen molar-refractivity contribution in [3.63, 3.8) is 0 Å². The number of benzene rings is 2. The molecule has 24 heavy (non-hydrogen) atoms. The number of halogens is 1. The molecule has 0 aliphatic carbocycles. The number of nitrogens with zero attached hydrogens (tertiary/aromatic N) is 2. The molecule has 0 aliphatic heterocycles. The monoisotopic (exact) mass is 347 g/mol. The molecule has 0 bridgehead atoms. The largest absolute Gasteiger partial charge is 0.487 e. The van der Waals surface area contributed by atoms with Gasteiger partial charge in [-0.2, -0.15) is 5.10 Å². The molecule has 0 fully saturated rings. The van der Waals surface area contributed by atoms with Crippen molar-refractivity contribution in [3.05, 3.63) is 68.7 Å². The third kappa shape index (κ3) is 4.30. The van der Waals surface area contributed by atoms with Crippen molar-refractivity contribution in [1.82, 2.24) is 5.43 Å². The Hall–Kier alpha value is -2.93. The lowest BCUT2D eigenvalue weighted by Gasteiger charge is -2.04. The van der Waals surface area contributed by atoms with E-state index in [1.807, 2.05) is 0 Å². The molecule has 0 spiro atoms. The maximum Gasteiger partial charge on any atom is 0.311 e. The zero-order valence-corrected chi connectivity index (χ0v) is 13.5. The predicted molar refractivity (Wildman–Crippen MR) is 90.8 cm³/mol. The fraction of sp³-hybridized carbons (Fsp3) is 0.125. The molecule has 1 N–H and O–H groups in total. The fourth-order valence-electron chi connectivity index (χ4n) is 1.91. The van der Waals surface area contributed by atoms with Gasteiger partial charge in [-0.25, -0.2) is 5.43 Å². The summed E-state index contributed by atoms with van der Waals surface area (Å²) < 4.78 is 5.20. The average Bonchev–Trinajstić information content (AvgIpc) is 2.56. The van der Waals surface area contributed by atoms with Gasteiger partial charge in [0, 0.05) is 11.6 Å². The molecule has 8 heteroatoms. The van der Waals surface area contributed by atoms with Gasteiger partial charge in [-0.15, -0.1) is 0 Å². The molecular weight excluding hydrogens is 334 g/mol. The number of carbonyl (C=O) groups is 1. The van der Waals surface area contributed by atoms with Crippen LogP contribution in [0.25, 0.3) is 0 Å². The summed E-state index contributed by atoms with van der Waals surface area (Å²) in [6.07, 6.45) is 1.30. The summed E-state index contributed by atoms with van der Waals surface area (Å²) in [5.74, 6) is -0.294. The Morgan fingerprint density at radius 2 is 2.12 bits per heavy atom. The van der Waals surface area contributed by atoms with E-state index < -0.39 is 10.8 Å². The van der Waals surface area contributed by atoms with Crippen LogP contribution in [0.2, 0.25) is 5.02 Å². The van der Waals surface area contributed by atoms with E-state index in [1.165, 1.54) is 18.3 Å². The highest BCUT2D eigenvalue weighted by Crippen LogP contribution is 2.27. The van der Waals surface area contributed by atoms with Crippen LogP contribution in [-0.2, 0) is 0 Å². The molecule has 7 nitrogen and oxygen atoms in total. The lowest BCUT2D eigenvalue weighted by molar-refractivity contribution is -0.385. The highest BCUT2D eigenvalue weighted by Gasteiger charge is 2.15. The zero-order chi connectivity index (χ0) is 17.5. The molecule has 2 rings (SSSR count). The molecule has 0 saturated heterocycles. The normalized spacial score (nSPS) is 10.6.